The fourth-order valence-corrected chi connectivity index (χ4v) is 1.15. The summed E-state index contributed by atoms with van der Waals surface area (Å²) in [5.41, 5.74) is 0.0293. The number of esters is 1. The molecule has 0 aliphatic carbocycles. The Bertz CT molecular complexity index is 415. The smallest absolute Gasteiger partial charge is 0.381 e. The molecule has 0 aromatic carbocycles. The predicted molar refractivity (Wildman–Crippen MR) is 61.0 cm³/mol. The third-order valence-corrected chi connectivity index (χ3v) is 1.77. The Morgan fingerprint density at radius 2 is 2.06 bits per heavy atom. The van der Waals surface area contributed by atoms with Crippen LogP contribution in [0.25, 0.3) is 0 Å². The molecule has 0 radical (unpaired) electrons. The average molecular weight is 237 g/mol. The summed E-state index contributed by atoms with van der Waals surface area (Å²) in [6.45, 7) is 5.49. The van der Waals surface area contributed by atoms with E-state index in [0.717, 1.165) is 0 Å². The number of pyridine rings is 1. The first kappa shape index (κ1) is 13.2. The van der Waals surface area contributed by atoms with E-state index in [1.54, 1.807) is 19.1 Å². The molecule has 1 heterocycles. The van der Waals surface area contributed by atoms with Crippen molar-refractivity contribution in [2.24, 2.45) is 0 Å². The van der Waals surface area contributed by atoms with Crippen molar-refractivity contribution >= 4 is 11.8 Å². The van der Waals surface area contributed by atoms with Gasteiger partial charge >= 0.3 is 5.97 Å². The summed E-state index contributed by atoms with van der Waals surface area (Å²) in [6.07, 6.45) is -0.0459. The average Bonchev–Trinajstić information content (AvgIpc) is 2.28. The van der Waals surface area contributed by atoms with Gasteiger partial charge in [0.2, 0.25) is 5.88 Å². The van der Waals surface area contributed by atoms with Crippen LogP contribution in [0.2, 0.25) is 0 Å². The quantitative estimate of drug-likeness (QED) is 0.442. The second kappa shape index (κ2) is 5.98. The van der Waals surface area contributed by atoms with E-state index in [-0.39, 0.29) is 18.4 Å². The third kappa shape index (κ3) is 3.86. The van der Waals surface area contributed by atoms with Gasteiger partial charge in [0.25, 0.3) is 5.78 Å². The summed E-state index contributed by atoms with van der Waals surface area (Å²) in [4.78, 5) is 26.7. The molecular weight excluding hydrogens is 222 g/mol. The van der Waals surface area contributed by atoms with Crippen LogP contribution in [-0.2, 0) is 9.53 Å². The Morgan fingerprint density at radius 1 is 1.35 bits per heavy atom. The Balaban J connectivity index is 2.84. The van der Waals surface area contributed by atoms with Crippen LogP contribution in [-0.4, -0.2) is 29.4 Å². The lowest BCUT2D eigenvalue weighted by atomic mass is 10.2. The molecule has 0 fully saturated rings. The van der Waals surface area contributed by atoms with Crippen LogP contribution in [0.15, 0.2) is 18.2 Å². The first-order valence-electron chi connectivity index (χ1n) is 5.39. The number of Topliss-reactive ketones (excluding diaryl/α,β-unsaturated/α-hetero) is 1. The highest BCUT2D eigenvalue weighted by molar-refractivity contribution is 6.40. The van der Waals surface area contributed by atoms with Crippen molar-refractivity contribution < 1.29 is 19.1 Å². The Kier molecular flexibility index (Phi) is 4.63. The largest absolute Gasteiger partial charge is 0.475 e. The van der Waals surface area contributed by atoms with Crippen LogP contribution in [0.4, 0.5) is 0 Å². The molecule has 0 atom stereocenters. The van der Waals surface area contributed by atoms with Crippen molar-refractivity contribution in [2.75, 3.05) is 6.61 Å². The number of ketones is 1. The number of ether oxygens (including phenoxy) is 2. The van der Waals surface area contributed by atoms with Crippen molar-refractivity contribution in [1.29, 1.82) is 0 Å². The van der Waals surface area contributed by atoms with Gasteiger partial charge < -0.3 is 9.47 Å². The van der Waals surface area contributed by atoms with Gasteiger partial charge in [0.05, 0.1) is 12.7 Å². The molecule has 0 aliphatic rings. The zero-order valence-corrected chi connectivity index (χ0v) is 10.1. The van der Waals surface area contributed by atoms with Gasteiger partial charge in [-0.05, 0) is 26.8 Å². The maximum Gasteiger partial charge on any atom is 0.381 e. The van der Waals surface area contributed by atoms with Crippen molar-refractivity contribution in [3.05, 3.63) is 23.9 Å². The van der Waals surface area contributed by atoms with E-state index >= 15 is 0 Å². The third-order valence-electron chi connectivity index (χ3n) is 1.77. The van der Waals surface area contributed by atoms with Crippen molar-refractivity contribution in [3.63, 3.8) is 0 Å². The lowest BCUT2D eigenvalue weighted by molar-refractivity contribution is -0.137. The summed E-state index contributed by atoms with van der Waals surface area (Å²) in [5.74, 6) is -1.35. The molecule has 17 heavy (non-hydrogen) atoms. The van der Waals surface area contributed by atoms with Crippen LogP contribution in [0.1, 0.15) is 31.3 Å². The predicted octanol–water partition coefficient (Wildman–Crippen LogP) is 1.61. The van der Waals surface area contributed by atoms with Gasteiger partial charge in [0.15, 0.2) is 0 Å². The maximum absolute atomic E-state index is 11.6. The standard InChI is InChI=1S/C12H15NO4/c1-4-16-12(15)11(14)9-6-5-7-10(13-9)17-8(2)3/h5-8H,4H2,1-3H3. The summed E-state index contributed by atoms with van der Waals surface area (Å²) in [6, 6.07) is 4.69. The summed E-state index contributed by atoms with van der Waals surface area (Å²) in [5, 5.41) is 0. The molecule has 0 N–H and O–H groups in total. The second-order valence-electron chi connectivity index (χ2n) is 3.58. The van der Waals surface area contributed by atoms with Gasteiger partial charge in [0.1, 0.15) is 5.69 Å². The Morgan fingerprint density at radius 3 is 2.65 bits per heavy atom. The summed E-state index contributed by atoms with van der Waals surface area (Å²) >= 11 is 0. The number of hydrogen-bond donors (Lipinski definition) is 0. The highest BCUT2D eigenvalue weighted by Crippen LogP contribution is 2.10. The molecule has 0 amide bonds. The molecule has 5 heteroatoms. The molecule has 1 aromatic rings. The van der Waals surface area contributed by atoms with E-state index in [4.69, 9.17) is 4.74 Å². The fourth-order valence-electron chi connectivity index (χ4n) is 1.15. The second-order valence-corrected chi connectivity index (χ2v) is 3.58. The van der Waals surface area contributed by atoms with E-state index in [2.05, 4.69) is 9.72 Å². The van der Waals surface area contributed by atoms with Gasteiger partial charge in [-0.1, -0.05) is 6.07 Å². The number of carbonyl (C=O) groups is 2. The Labute approximate surface area is 99.8 Å². The number of rotatable bonds is 5. The van der Waals surface area contributed by atoms with Crippen molar-refractivity contribution in [1.82, 2.24) is 4.98 Å². The zero-order valence-electron chi connectivity index (χ0n) is 10.1. The number of nitrogens with zero attached hydrogens (tertiary/aromatic N) is 1. The molecule has 0 spiro atoms. The Hall–Kier alpha value is -1.91. The molecule has 0 aliphatic heterocycles. The molecule has 0 saturated carbocycles. The normalized spacial score (nSPS) is 10.1. The molecule has 5 nitrogen and oxygen atoms in total. The molecule has 0 unspecified atom stereocenters. The molecule has 1 aromatic heterocycles. The van der Waals surface area contributed by atoms with E-state index in [1.807, 2.05) is 13.8 Å². The SMILES string of the molecule is CCOC(=O)C(=O)c1cccc(OC(C)C)n1. The minimum absolute atomic E-state index is 0.0293. The van der Waals surface area contributed by atoms with Gasteiger partial charge in [-0.2, -0.15) is 0 Å². The van der Waals surface area contributed by atoms with Crippen LogP contribution >= 0.6 is 0 Å². The van der Waals surface area contributed by atoms with Crippen LogP contribution in [0, 0.1) is 0 Å². The zero-order chi connectivity index (χ0) is 12.8. The van der Waals surface area contributed by atoms with E-state index in [0.29, 0.717) is 5.88 Å². The monoisotopic (exact) mass is 237 g/mol. The van der Waals surface area contributed by atoms with Crippen LogP contribution in [0.5, 0.6) is 5.88 Å². The number of hydrogen-bond acceptors (Lipinski definition) is 5. The first-order valence-corrected chi connectivity index (χ1v) is 5.39. The van der Waals surface area contributed by atoms with Gasteiger partial charge in [-0.15, -0.1) is 0 Å². The minimum Gasteiger partial charge on any atom is -0.475 e. The van der Waals surface area contributed by atoms with Gasteiger partial charge in [-0.3, -0.25) is 4.79 Å². The molecule has 92 valence electrons. The maximum atomic E-state index is 11.6. The van der Waals surface area contributed by atoms with Crippen molar-refractivity contribution in [2.45, 2.75) is 26.9 Å². The molecular formula is C12H15NO4. The summed E-state index contributed by atoms with van der Waals surface area (Å²) in [7, 11) is 0. The topological polar surface area (TPSA) is 65.5 Å². The number of aromatic nitrogens is 1. The van der Waals surface area contributed by atoms with Crippen LogP contribution in [0.3, 0.4) is 0 Å². The lowest BCUT2D eigenvalue weighted by Gasteiger charge is -2.08. The van der Waals surface area contributed by atoms with E-state index < -0.39 is 11.8 Å². The van der Waals surface area contributed by atoms with Crippen molar-refractivity contribution in [3.8, 4) is 5.88 Å². The van der Waals surface area contributed by atoms with Crippen LogP contribution < -0.4 is 4.74 Å². The lowest BCUT2D eigenvalue weighted by Crippen LogP contribution is -2.19. The first-order chi connectivity index (χ1) is 8.04. The number of carbonyl (C=O) groups excluding carboxylic acids is 2. The van der Waals surface area contributed by atoms with E-state index in [9.17, 15) is 9.59 Å². The van der Waals surface area contributed by atoms with Gasteiger partial charge in [-0.25, -0.2) is 9.78 Å². The van der Waals surface area contributed by atoms with Gasteiger partial charge in [0, 0.05) is 6.07 Å². The van der Waals surface area contributed by atoms with E-state index in [1.165, 1.54) is 6.07 Å². The summed E-state index contributed by atoms with van der Waals surface area (Å²) < 4.78 is 9.94. The molecule has 0 bridgehead atoms. The molecule has 1 rings (SSSR count). The highest BCUT2D eigenvalue weighted by atomic mass is 16.5. The molecule has 0 saturated heterocycles. The minimum atomic E-state index is -0.901. The highest BCUT2D eigenvalue weighted by Gasteiger charge is 2.19. The fraction of sp³-hybridized carbons (Fsp3) is 0.417.